The van der Waals surface area contributed by atoms with Crippen LogP contribution in [0.3, 0.4) is 0 Å². The van der Waals surface area contributed by atoms with Crippen LogP contribution in [0.15, 0.2) is 12.1 Å². The lowest BCUT2D eigenvalue weighted by molar-refractivity contribution is 0.381. The predicted octanol–water partition coefficient (Wildman–Crippen LogP) is 1.67. The minimum atomic E-state index is -0.529. The molecule has 100 valence electrons. The van der Waals surface area contributed by atoms with Gasteiger partial charge < -0.3 is 15.4 Å². The second-order valence-corrected chi connectivity index (χ2v) is 4.57. The highest BCUT2D eigenvalue weighted by atomic mass is 19.1. The molecule has 1 aliphatic heterocycles. The molecule has 1 unspecified atom stereocenters. The quantitative estimate of drug-likeness (QED) is 0.841. The Bertz CT molecular complexity index is 406. The maximum atomic E-state index is 13.6. The van der Waals surface area contributed by atoms with Gasteiger partial charge in [-0.05, 0) is 38.0 Å². The van der Waals surface area contributed by atoms with Crippen LogP contribution < -0.4 is 15.4 Å². The molecule has 1 aromatic rings. The van der Waals surface area contributed by atoms with Crippen molar-refractivity contribution < 1.29 is 13.5 Å². The molecule has 1 heterocycles. The van der Waals surface area contributed by atoms with E-state index < -0.39 is 11.6 Å². The molecule has 1 aromatic carbocycles. The summed E-state index contributed by atoms with van der Waals surface area (Å²) in [6.45, 7) is 3.19. The van der Waals surface area contributed by atoms with Gasteiger partial charge >= 0.3 is 0 Å². The molecule has 3 nitrogen and oxygen atoms in total. The standard InChI is InChI=1S/C13H18F2N2O/c1-18-13-5-11(14)10(4-12(13)15)8-17-7-9-2-3-16-6-9/h4-5,9,16-17H,2-3,6-8H2,1H3. The Kier molecular flexibility index (Phi) is 4.49. The fourth-order valence-electron chi connectivity index (χ4n) is 2.16. The van der Waals surface area contributed by atoms with Crippen molar-refractivity contribution in [3.63, 3.8) is 0 Å². The van der Waals surface area contributed by atoms with Crippen LogP contribution in [0.2, 0.25) is 0 Å². The lowest BCUT2D eigenvalue weighted by Crippen LogP contribution is -2.24. The third-order valence-electron chi connectivity index (χ3n) is 3.23. The average molecular weight is 256 g/mol. The molecule has 1 atom stereocenters. The van der Waals surface area contributed by atoms with Crippen molar-refractivity contribution in [3.05, 3.63) is 29.3 Å². The van der Waals surface area contributed by atoms with Crippen molar-refractivity contribution in [2.45, 2.75) is 13.0 Å². The molecule has 0 radical (unpaired) electrons. The van der Waals surface area contributed by atoms with Gasteiger partial charge in [0, 0.05) is 18.2 Å². The molecule has 0 bridgehead atoms. The number of hydrogen-bond donors (Lipinski definition) is 2. The normalized spacial score (nSPS) is 19.2. The minimum absolute atomic E-state index is 0.0590. The van der Waals surface area contributed by atoms with Gasteiger partial charge in [0.1, 0.15) is 5.82 Å². The van der Waals surface area contributed by atoms with Crippen LogP contribution in [-0.4, -0.2) is 26.7 Å². The number of ether oxygens (including phenoxy) is 1. The van der Waals surface area contributed by atoms with Crippen molar-refractivity contribution in [2.24, 2.45) is 5.92 Å². The lowest BCUT2D eigenvalue weighted by Gasteiger charge is -2.11. The summed E-state index contributed by atoms with van der Waals surface area (Å²) in [5, 5.41) is 6.43. The molecule has 5 heteroatoms. The highest BCUT2D eigenvalue weighted by Crippen LogP contribution is 2.21. The summed E-state index contributed by atoms with van der Waals surface area (Å²) in [6, 6.07) is 2.28. The summed E-state index contributed by atoms with van der Waals surface area (Å²) in [5.41, 5.74) is 0.333. The van der Waals surface area contributed by atoms with Gasteiger partial charge in [-0.25, -0.2) is 8.78 Å². The Morgan fingerprint density at radius 1 is 1.39 bits per heavy atom. The highest BCUT2D eigenvalue weighted by molar-refractivity contribution is 5.30. The molecule has 2 rings (SSSR count). The molecule has 1 fully saturated rings. The molecule has 0 saturated carbocycles. The van der Waals surface area contributed by atoms with Gasteiger partial charge in [0.25, 0.3) is 0 Å². The first-order chi connectivity index (χ1) is 8.70. The SMILES string of the molecule is COc1cc(F)c(CNCC2CCNC2)cc1F. The van der Waals surface area contributed by atoms with Crippen molar-refractivity contribution in [1.29, 1.82) is 0 Å². The van der Waals surface area contributed by atoms with Crippen molar-refractivity contribution in [1.82, 2.24) is 10.6 Å². The van der Waals surface area contributed by atoms with Gasteiger partial charge in [-0.2, -0.15) is 0 Å². The number of hydrogen-bond acceptors (Lipinski definition) is 3. The van der Waals surface area contributed by atoms with Crippen LogP contribution >= 0.6 is 0 Å². The molecule has 0 aromatic heterocycles. The first kappa shape index (κ1) is 13.2. The van der Waals surface area contributed by atoms with E-state index >= 15 is 0 Å². The smallest absolute Gasteiger partial charge is 0.165 e. The Morgan fingerprint density at radius 3 is 2.89 bits per heavy atom. The molecule has 18 heavy (non-hydrogen) atoms. The van der Waals surface area contributed by atoms with Crippen LogP contribution in [0.25, 0.3) is 0 Å². The van der Waals surface area contributed by atoms with Gasteiger partial charge in [0.15, 0.2) is 11.6 Å². The Labute approximate surface area is 106 Å². The summed E-state index contributed by atoms with van der Waals surface area (Å²) in [6.07, 6.45) is 1.13. The van der Waals surface area contributed by atoms with E-state index in [9.17, 15) is 8.78 Å². The third-order valence-corrected chi connectivity index (χ3v) is 3.23. The molecule has 1 saturated heterocycles. The van der Waals surface area contributed by atoms with Gasteiger partial charge in [0.2, 0.25) is 0 Å². The van der Waals surface area contributed by atoms with E-state index in [1.807, 2.05) is 0 Å². The van der Waals surface area contributed by atoms with Crippen LogP contribution in [0.1, 0.15) is 12.0 Å². The summed E-state index contributed by atoms with van der Waals surface area (Å²) < 4.78 is 31.8. The van der Waals surface area contributed by atoms with Gasteiger partial charge in [-0.3, -0.25) is 0 Å². The topological polar surface area (TPSA) is 33.3 Å². The fourth-order valence-corrected chi connectivity index (χ4v) is 2.16. The first-order valence-corrected chi connectivity index (χ1v) is 6.14. The van der Waals surface area contributed by atoms with E-state index in [4.69, 9.17) is 4.74 Å². The Morgan fingerprint density at radius 2 is 2.22 bits per heavy atom. The first-order valence-electron chi connectivity index (χ1n) is 6.14. The maximum Gasteiger partial charge on any atom is 0.165 e. The van der Waals surface area contributed by atoms with Gasteiger partial charge in [-0.1, -0.05) is 0 Å². The van der Waals surface area contributed by atoms with Gasteiger partial charge in [-0.15, -0.1) is 0 Å². The fraction of sp³-hybridized carbons (Fsp3) is 0.538. The maximum absolute atomic E-state index is 13.6. The largest absolute Gasteiger partial charge is 0.494 e. The number of rotatable bonds is 5. The van der Waals surface area contributed by atoms with E-state index in [1.165, 1.54) is 13.2 Å². The molecular formula is C13H18F2N2O. The highest BCUT2D eigenvalue weighted by Gasteiger charge is 2.14. The van der Waals surface area contributed by atoms with Crippen molar-refractivity contribution >= 4 is 0 Å². The summed E-state index contributed by atoms with van der Waals surface area (Å²) in [7, 11) is 1.32. The molecule has 0 amide bonds. The second-order valence-electron chi connectivity index (χ2n) is 4.57. The van der Waals surface area contributed by atoms with Crippen LogP contribution in [0, 0.1) is 17.6 Å². The molecule has 2 N–H and O–H groups in total. The zero-order valence-corrected chi connectivity index (χ0v) is 10.4. The van der Waals surface area contributed by atoms with E-state index in [0.29, 0.717) is 18.0 Å². The van der Waals surface area contributed by atoms with E-state index in [1.54, 1.807) is 0 Å². The molecular weight excluding hydrogens is 238 g/mol. The van der Waals surface area contributed by atoms with E-state index in [0.717, 1.165) is 32.1 Å². The Balaban J connectivity index is 1.90. The van der Waals surface area contributed by atoms with Crippen LogP contribution in [0.5, 0.6) is 5.75 Å². The molecule has 0 spiro atoms. The predicted molar refractivity (Wildman–Crippen MR) is 65.6 cm³/mol. The lowest BCUT2D eigenvalue weighted by atomic mass is 10.1. The van der Waals surface area contributed by atoms with Crippen LogP contribution in [-0.2, 0) is 6.54 Å². The zero-order chi connectivity index (χ0) is 13.0. The van der Waals surface area contributed by atoms with E-state index in [2.05, 4.69) is 10.6 Å². The number of halogens is 2. The summed E-state index contributed by atoms with van der Waals surface area (Å²) >= 11 is 0. The minimum Gasteiger partial charge on any atom is -0.494 e. The summed E-state index contributed by atoms with van der Waals surface area (Å²) in [4.78, 5) is 0. The van der Waals surface area contributed by atoms with Gasteiger partial charge in [0.05, 0.1) is 7.11 Å². The van der Waals surface area contributed by atoms with E-state index in [-0.39, 0.29) is 5.75 Å². The average Bonchev–Trinajstić information content (AvgIpc) is 2.86. The molecule has 0 aliphatic carbocycles. The van der Waals surface area contributed by atoms with Crippen molar-refractivity contribution in [3.8, 4) is 5.75 Å². The zero-order valence-electron chi connectivity index (χ0n) is 10.4. The van der Waals surface area contributed by atoms with Crippen molar-refractivity contribution in [2.75, 3.05) is 26.7 Å². The summed E-state index contributed by atoms with van der Waals surface area (Å²) in [5.74, 6) is -0.448. The second kappa shape index (κ2) is 6.11. The third kappa shape index (κ3) is 3.17. The Hall–Kier alpha value is -1.20. The molecule has 1 aliphatic rings. The number of nitrogens with one attached hydrogen (secondary N) is 2. The van der Waals surface area contributed by atoms with Crippen LogP contribution in [0.4, 0.5) is 8.78 Å². The number of methoxy groups -OCH3 is 1. The number of benzene rings is 1. The monoisotopic (exact) mass is 256 g/mol.